The number of carbonyl (C=O) groups is 2. The number of amides is 1. The lowest BCUT2D eigenvalue weighted by molar-refractivity contribution is -0.144. The first-order chi connectivity index (χ1) is 7.63. The van der Waals surface area contributed by atoms with E-state index in [4.69, 9.17) is 5.11 Å². The van der Waals surface area contributed by atoms with E-state index in [9.17, 15) is 9.59 Å². The summed E-state index contributed by atoms with van der Waals surface area (Å²) in [6, 6.07) is 1.59. The van der Waals surface area contributed by atoms with Crippen molar-refractivity contribution >= 4 is 11.9 Å². The van der Waals surface area contributed by atoms with Gasteiger partial charge in [-0.2, -0.15) is 0 Å². The van der Waals surface area contributed by atoms with Gasteiger partial charge in [0.15, 0.2) is 0 Å². The number of nitrogens with zero attached hydrogens (tertiary/aromatic N) is 2. The molecule has 0 unspecified atom stereocenters. The SMILES string of the molecule is CCCN(CC(=O)O)C(=O)Cc1ccon1. The van der Waals surface area contributed by atoms with E-state index in [0.29, 0.717) is 12.2 Å². The van der Waals surface area contributed by atoms with Crippen LogP contribution in [0.25, 0.3) is 0 Å². The molecule has 1 aromatic rings. The Morgan fingerprint density at radius 3 is 2.81 bits per heavy atom. The van der Waals surface area contributed by atoms with E-state index >= 15 is 0 Å². The van der Waals surface area contributed by atoms with Gasteiger partial charge in [0.25, 0.3) is 0 Å². The fraction of sp³-hybridized carbons (Fsp3) is 0.500. The fourth-order valence-corrected chi connectivity index (χ4v) is 1.32. The van der Waals surface area contributed by atoms with Crippen molar-refractivity contribution in [2.24, 2.45) is 0 Å². The molecule has 1 N–H and O–H groups in total. The number of carboxylic acids is 1. The Labute approximate surface area is 92.8 Å². The maximum Gasteiger partial charge on any atom is 0.323 e. The molecule has 0 aromatic carbocycles. The topological polar surface area (TPSA) is 83.6 Å². The normalized spacial score (nSPS) is 10.1. The van der Waals surface area contributed by atoms with Gasteiger partial charge in [-0.3, -0.25) is 9.59 Å². The molecule has 0 fully saturated rings. The summed E-state index contributed by atoms with van der Waals surface area (Å²) in [5.41, 5.74) is 0.511. The second-order valence-corrected chi connectivity index (χ2v) is 3.38. The zero-order chi connectivity index (χ0) is 12.0. The highest BCUT2D eigenvalue weighted by molar-refractivity contribution is 5.82. The Morgan fingerprint density at radius 2 is 2.31 bits per heavy atom. The summed E-state index contributed by atoms with van der Waals surface area (Å²) in [6.07, 6.45) is 2.17. The number of aliphatic carboxylic acids is 1. The third kappa shape index (κ3) is 3.72. The first-order valence-corrected chi connectivity index (χ1v) is 5.02. The van der Waals surface area contributed by atoms with Gasteiger partial charge in [-0.25, -0.2) is 0 Å². The molecule has 0 atom stereocenters. The summed E-state index contributed by atoms with van der Waals surface area (Å²) >= 11 is 0. The van der Waals surface area contributed by atoms with Crippen LogP contribution in [0.4, 0.5) is 0 Å². The van der Waals surface area contributed by atoms with Gasteiger partial charge in [0.1, 0.15) is 12.8 Å². The van der Waals surface area contributed by atoms with Crippen LogP contribution in [0.1, 0.15) is 19.0 Å². The molecule has 1 heterocycles. The molecular weight excluding hydrogens is 212 g/mol. The third-order valence-electron chi connectivity index (χ3n) is 2.00. The van der Waals surface area contributed by atoms with E-state index < -0.39 is 5.97 Å². The number of carboxylic acid groups (broad SMARTS) is 1. The zero-order valence-electron chi connectivity index (χ0n) is 9.05. The Hall–Kier alpha value is -1.85. The molecule has 0 spiro atoms. The minimum atomic E-state index is -1.01. The minimum absolute atomic E-state index is 0.0732. The number of rotatable bonds is 6. The van der Waals surface area contributed by atoms with Crippen molar-refractivity contribution in [2.75, 3.05) is 13.1 Å². The minimum Gasteiger partial charge on any atom is -0.480 e. The molecule has 6 heteroatoms. The molecule has 0 aliphatic heterocycles. The molecule has 0 saturated carbocycles. The van der Waals surface area contributed by atoms with Crippen molar-refractivity contribution in [1.82, 2.24) is 10.1 Å². The maximum absolute atomic E-state index is 11.7. The van der Waals surface area contributed by atoms with E-state index in [-0.39, 0.29) is 18.9 Å². The summed E-state index contributed by atoms with van der Waals surface area (Å²) in [5, 5.41) is 12.3. The van der Waals surface area contributed by atoms with E-state index in [1.165, 1.54) is 11.2 Å². The quantitative estimate of drug-likeness (QED) is 0.765. The molecule has 0 aliphatic rings. The summed E-state index contributed by atoms with van der Waals surface area (Å²) in [7, 11) is 0. The highest BCUT2D eigenvalue weighted by Gasteiger charge is 2.17. The molecule has 88 valence electrons. The Kier molecular flexibility index (Phi) is 4.50. The number of carbonyl (C=O) groups excluding carboxylic acids is 1. The highest BCUT2D eigenvalue weighted by atomic mass is 16.5. The van der Waals surface area contributed by atoms with Crippen LogP contribution >= 0.6 is 0 Å². The molecule has 0 saturated heterocycles. The first kappa shape index (κ1) is 12.2. The van der Waals surface area contributed by atoms with Crippen molar-refractivity contribution in [3.8, 4) is 0 Å². The molecule has 0 bridgehead atoms. The lowest BCUT2D eigenvalue weighted by Gasteiger charge is -2.19. The Balaban J connectivity index is 2.56. The largest absolute Gasteiger partial charge is 0.480 e. The van der Waals surface area contributed by atoms with Gasteiger partial charge >= 0.3 is 5.97 Å². The molecule has 0 radical (unpaired) electrons. The number of aromatic nitrogens is 1. The maximum atomic E-state index is 11.7. The van der Waals surface area contributed by atoms with Gasteiger partial charge in [-0.1, -0.05) is 12.1 Å². The summed E-state index contributed by atoms with van der Waals surface area (Å²) in [4.78, 5) is 23.6. The van der Waals surface area contributed by atoms with Crippen molar-refractivity contribution in [2.45, 2.75) is 19.8 Å². The highest BCUT2D eigenvalue weighted by Crippen LogP contribution is 2.01. The molecule has 1 amide bonds. The van der Waals surface area contributed by atoms with Crippen LogP contribution in [-0.2, 0) is 16.0 Å². The standard InChI is InChI=1S/C10H14N2O4/c1-2-4-12(7-10(14)15)9(13)6-8-3-5-16-11-8/h3,5H,2,4,6-7H2,1H3,(H,14,15). The third-order valence-corrected chi connectivity index (χ3v) is 2.00. The molecule has 1 aromatic heterocycles. The van der Waals surface area contributed by atoms with Gasteiger partial charge < -0.3 is 14.5 Å². The summed E-state index contributed by atoms with van der Waals surface area (Å²) in [5.74, 6) is -1.26. The average Bonchev–Trinajstić information content (AvgIpc) is 2.69. The molecule has 0 aliphatic carbocycles. The van der Waals surface area contributed by atoms with Crippen molar-refractivity contribution in [1.29, 1.82) is 0 Å². The Morgan fingerprint density at radius 1 is 1.56 bits per heavy atom. The Bertz CT molecular complexity index is 348. The fourth-order valence-electron chi connectivity index (χ4n) is 1.32. The number of hydrogen-bond acceptors (Lipinski definition) is 4. The van der Waals surface area contributed by atoms with Crippen LogP contribution in [0.15, 0.2) is 16.9 Å². The lowest BCUT2D eigenvalue weighted by Crippen LogP contribution is -2.37. The van der Waals surface area contributed by atoms with Crippen molar-refractivity contribution in [3.63, 3.8) is 0 Å². The smallest absolute Gasteiger partial charge is 0.323 e. The van der Waals surface area contributed by atoms with Crippen LogP contribution in [0, 0.1) is 0 Å². The van der Waals surface area contributed by atoms with E-state index in [2.05, 4.69) is 9.68 Å². The predicted molar refractivity (Wildman–Crippen MR) is 54.7 cm³/mol. The van der Waals surface area contributed by atoms with Gasteiger partial charge in [-0.05, 0) is 6.42 Å². The lowest BCUT2D eigenvalue weighted by atomic mass is 10.2. The summed E-state index contributed by atoms with van der Waals surface area (Å²) in [6.45, 7) is 2.05. The van der Waals surface area contributed by atoms with Crippen LogP contribution in [0.3, 0.4) is 0 Å². The van der Waals surface area contributed by atoms with E-state index in [1.807, 2.05) is 6.92 Å². The number of hydrogen-bond donors (Lipinski definition) is 1. The summed E-state index contributed by atoms with van der Waals surface area (Å²) < 4.78 is 4.60. The van der Waals surface area contributed by atoms with Crippen LogP contribution < -0.4 is 0 Å². The van der Waals surface area contributed by atoms with Crippen LogP contribution in [0.2, 0.25) is 0 Å². The van der Waals surface area contributed by atoms with Crippen molar-refractivity contribution < 1.29 is 19.2 Å². The van der Waals surface area contributed by atoms with Crippen LogP contribution in [0.5, 0.6) is 0 Å². The van der Waals surface area contributed by atoms with E-state index in [1.54, 1.807) is 6.07 Å². The predicted octanol–water partition coefficient (Wildman–Crippen LogP) is 0.540. The molecule has 1 rings (SSSR count). The van der Waals surface area contributed by atoms with Gasteiger partial charge in [0, 0.05) is 12.6 Å². The monoisotopic (exact) mass is 226 g/mol. The molecule has 6 nitrogen and oxygen atoms in total. The van der Waals surface area contributed by atoms with E-state index in [0.717, 1.165) is 6.42 Å². The second kappa shape index (κ2) is 5.89. The molecular formula is C10H14N2O4. The van der Waals surface area contributed by atoms with Gasteiger partial charge in [0.05, 0.1) is 12.1 Å². The van der Waals surface area contributed by atoms with Gasteiger partial charge in [0.2, 0.25) is 5.91 Å². The van der Waals surface area contributed by atoms with Crippen LogP contribution in [-0.4, -0.2) is 40.1 Å². The first-order valence-electron chi connectivity index (χ1n) is 5.02. The van der Waals surface area contributed by atoms with Crippen molar-refractivity contribution in [3.05, 3.63) is 18.0 Å². The second-order valence-electron chi connectivity index (χ2n) is 3.38. The molecule has 16 heavy (non-hydrogen) atoms. The zero-order valence-corrected chi connectivity index (χ0v) is 9.05. The van der Waals surface area contributed by atoms with Gasteiger partial charge in [-0.15, -0.1) is 0 Å². The average molecular weight is 226 g/mol.